The van der Waals surface area contributed by atoms with Crippen LogP contribution in [0.4, 0.5) is 11.4 Å². The minimum Gasteiger partial charge on any atom is -0.399 e. The van der Waals surface area contributed by atoms with E-state index in [4.69, 9.17) is 17.3 Å². The highest BCUT2D eigenvalue weighted by Crippen LogP contribution is 2.22. The van der Waals surface area contributed by atoms with Gasteiger partial charge < -0.3 is 5.73 Å². The molecular formula is C13H13ClN2O2S. The van der Waals surface area contributed by atoms with Gasteiger partial charge in [0.2, 0.25) is 0 Å². The number of aryl methyl sites for hydroxylation is 1. The molecule has 4 nitrogen and oxygen atoms in total. The van der Waals surface area contributed by atoms with Crippen LogP contribution in [-0.2, 0) is 10.0 Å². The van der Waals surface area contributed by atoms with Gasteiger partial charge in [-0.1, -0.05) is 11.6 Å². The summed E-state index contributed by atoms with van der Waals surface area (Å²) in [7, 11) is -3.61. The van der Waals surface area contributed by atoms with Crippen molar-refractivity contribution in [2.75, 3.05) is 10.5 Å². The van der Waals surface area contributed by atoms with Gasteiger partial charge in [0.1, 0.15) is 0 Å². The highest BCUT2D eigenvalue weighted by Gasteiger charge is 2.14. The van der Waals surface area contributed by atoms with Crippen molar-refractivity contribution in [3.8, 4) is 0 Å². The highest BCUT2D eigenvalue weighted by atomic mass is 35.5. The van der Waals surface area contributed by atoms with Gasteiger partial charge in [-0.05, 0) is 55.0 Å². The van der Waals surface area contributed by atoms with E-state index in [2.05, 4.69) is 4.72 Å². The molecule has 0 fully saturated rings. The molecule has 2 aromatic carbocycles. The van der Waals surface area contributed by atoms with Gasteiger partial charge in [0.15, 0.2) is 0 Å². The Kier molecular flexibility index (Phi) is 3.68. The van der Waals surface area contributed by atoms with Crippen LogP contribution in [0.1, 0.15) is 5.56 Å². The number of halogens is 1. The van der Waals surface area contributed by atoms with E-state index >= 15 is 0 Å². The maximum Gasteiger partial charge on any atom is 0.261 e. The van der Waals surface area contributed by atoms with Crippen LogP contribution >= 0.6 is 11.6 Å². The first-order valence-electron chi connectivity index (χ1n) is 5.53. The zero-order chi connectivity index (χ0) is 14.0. The van der Waals surface area contributed by atoms with Crippen LogP contribution in [0.2, 0.25) is 5.02 Å². The van der Waals surface area contributed by atoms with Crippen molar-refractivity contribution in [2.45, 2.75) is 11.8 Å². The number of hydrogen-bond acceptors (Lipinski definition) is 3. The minimum absolute atomic E-state index is 0.161. The van der Waals surface area contributed by atoms with Crippen molar-refractivity contribution in [3.63, 3.8) is 0 Å². The zero-order valence-corrected chi connectivity index (χ0v) is 11.8. The van der Waals surface area contributed by atoms with Crippen LogP contribution in [0.5, 0.6) is 0 Å². The van der Waals surface area contributed by atoms with Crippen LogP contribution in [0.25, 0.3) is 0 Å². The van der Waals surface area contributed by atoms with Gasteiger partial charge in [-0.25, -0.2) is 8.42 Å². The summed E-state index contributed by atoms with van der Waals surface area (Å²) in [4.78, 5) is 0.161. The van der Waals surface area contributed by atoms with E-state index in [-0.39, 0.29) is 4.90 Å². The average Bonchev–Trinajstić information content (AvgIpc) is 2.34. The molecule has 100 valence electrons. The molecule has 0 radical (unpaired) electrons. The summed E-state index contributed by atoms with van der Waals surface area (Å²) in [5.41, 5.74) is 7.32. The quantitative estimate of drug-likeness (QED) is 0.855. The van der Waals surface area contributed by atoms with Crippen molar-refractivity contribution in [2.24, 2.45) is 0 Å². The smallest absolute Gasteiger partial charge is 0.261 e. The number of nitrogen functional groups attached to an aromatic ring is 1. The standard InChI is InChI=1S/C13H13ClN2O2S/c1-9-8-11(4-7-13(9)14)16-19(17,18)12-5-2-10(15)3-6-12/h2-8,16H,15H2,1H3. The van der Waals surface area contributed by atoms with Gasteiger partial charge in [0.25, 0.3) is 10.0 Å². The lowest BCUT2D eigenvalue weighted by Gasteiger charge is -2.09. The van der Waals surface area contributed by atoms with Gasteiger partial charge >= 0.3 is 0 Å². The minimum atomic E-state index is -3.61. The van der Waals surface area contributed by atoms with Crippen LogP contribution in [0.3, 0.4) is 0 Å². The third-order valence-corrected chi connectivity index (χ3v) is 4.42. The van der Waals surface area contributed by atoms with E-state index < -0.39 is 10.0 Å². The fourth-order valence-corrected chi connectivity index (χ4v) is 2.74. The molecule has 0 aliphatic heterocycles. The van der Waals surface area contributed by atoms with Crippen LogP contribution in [-0.4, -0.2) is 8.42 Å². The Bertz CT molecular complexity index is 697. The number of anilines is 2. The first-order valence-corrected chi connectivity index (χ1v) is 7.39. The average molecular weight is 297 g/mol. The molecule has 0 amide bonds. The Labute approximate surface area is 117 Å². The Hall–Kier alpha value is -1.72. The molecule has 3 N–H and O–H groups in total. The van der Waals surface area contributed by atoms with Crippen molar-refractivity contribution >= 4 is 33.0 Å². The number of nitrogens with two attached hydrogens (primary N) is 1. The highest BCUT2D eigenvalue weighted by molar-refractivity contribution is 7.92. The van der Waals surface area contributed by atoms with E-state index in [0.717, 1.165) is 5.56 Å². The van der Waals surface area contributed by atoms with Crippen molar-refractivity contribution < 1.29 is 8.42 Å². The first kappa shape index (κ1) is 13.7. The Morgan fingerprint density at radius 2 is 1.74 bits per heavy atom. The molecule has 0 unspecified atom stereocenters. The van der Waals surface area contributed by atoms with Crippen LogP contribution in [0, 0.1) is 6.92 Å². The predicted octanol–water partition coefficient (Wildman–Crippen LogP) is 3.03. The molecule has 0 saturated carbocycles. The van der Waals surface area contributed by atoms with Crippen molar-refractivity contribution in [1.82, 2.24) is 0 Å². The summed E-state index contributed by atoms with van der Waals surface area (Å²) in [5, 5.41) is 0.593. The van der Waals surface area contributed by atoms with Crippen molar-refractivity contribution in [3.05, 3.63) is 53.1 Å². The number of benzene rings is 2. The number of sulfonamides is 1. The third kappa shape index (κ3) is 3.19. The number of nitrogens with one attached hydrogen (secondary N) is 1. The summed E-state index contributed by atoms with van der Waals surface area (Å²) in [6.07, 6.45) is 0. The summed E-state index contributed by atoms with van der Waals surface area (Å²) >= 11 is 5.90. The second kappa shape index (κ2) is 5.11. The van der Waals surface area contributed by atoms with E-state index in [1.807, 2.05) is 6.92 Å². The molecule has 0 aliphatic carbocycles. The molecule has 0 atom stereocenters. The maximum atomic E-state index is 12.1. The van der Waals surface area contributed by atoms with Gasteiger partial charge in [-0.15, -0.1) is 0 Å². The predicted molar refractivity (Wildman–Crippen MR) is 77.9 cm³/mol. The molecule has 0 aromatic heterocycles. The lowest BCUT2D eigenvalue weighted by atomic mass is 10.2. The van der Waals surface area contributed by atoms with Gasteiger partial charge in [-0.3, -0.25) is 4.72 Å². The first-order chi connectivity index (χ1) is 8.88. The SMILES string of the molecule is Cc1cc(NS(=O)(=O)c2ccc(N)cc2)ccc1Cl. The van der Waals surface area contributed by atoms with Gasteiger partial charge in [0.05, 0.1) is 4.90 Å². The summed E-state index contributed by atoms with van der Waals surface area (Å²) in [6, 6.07) is 10.9. The van der Waals surface area contributed by atoms with E-state index in [1.54, 1.807) is 30.3 Å². The van der Waals surface area contributed by atoms with E-state index in [9.17, 15) is 8.42 Å². The number of hydrogen-bond donors (Lipinski definition) is 2. The Morgan fingerprint density at radius 1 is 1.11 bits per heavy atom. The fourth-order valence-electron chi connectivity index (χ4n) is 1.57. The van der Waals surface area contributed by atoms with E-state index in [0.29, 0.717) is 16.4 Å². The molecule has 0 spiro atoms. The van der Waals surface area contributed by atoms with Gasteiger partial charge in [-0.2, -0.15) is 0 Å². The Morgan fingerprint density at radius 3 is 2.32 bits per heavy atom. The molecular weight excluding hydrogens is 284 g/mol. The molecule has 0 bridgehead atoms. The largest absolute Gasteiger partial charge is 0.399 e. The normalized spacial score (nSPS) is 11.3. The molecule has 0 aliphatic rings. The topological polar surface area (TPSA) is 72.2 Å². The molecule has 6 heteroatoms. The number of rotatable bonds is 3. The molecule has 0 heterocycles. The second-order valence-electron chi connectivity index (χ2n) is 4.14. The lowest BCUT2D eigenvalue weighted by molar-refractivity contribution is 0.601. The summed E-state index contributed by atoms with van der Waals surface area (Å²) in [5.74, 6) is 0. The Balaban J connectivity index is 2.30. The van der Waals surface area contributed by atoms with Crippen LogP contribution in [0.15, 0.2) is 47.4 Å². The van der Waals surface area contributed by atoms with Crippen molar-refractivity contribution in [1.29, 1.82) is 0 Å². The lowest BCUT2D eigenvalue weighted by Crippen LogP contribution is -2.13. The molecule has 0 saturated heterocycles. The van der Waals surface area contributed by atoms with Gasteiger partial charge in [0, 0.05) is 16.4 Å². The summed E-state index contributed by atoms with van der Waals surface area (Å²) in [6.45, 7) is 1.81. The molecule has 19 heavy (non-hydrogen) atoms. The molecule has 2 rings (SSSR count). The van der Waals surface area contributed by atoms with E-state index in [1.165, 1.54) is 12.1 Å². The maximum absolute atomic E-state index is 12.1. The zero-order valence-electron chi connectivity index (χ0n) is 10.2. The van der Waals surface area contributed by atoms with Crippen LogP contribution < -0.4 is 10.5 Å². The fraction of sp³-hybridized carbons (Fsp3) is 0.0769. The molecule has 2 aromatic rings. The second-order valence-corrected chi connectivity index (χ2v) is 6.23. The monoisotopic (exact) mass is 296 g/mol. The summed E-state index contributed by atoms with van der Waals surface area (Å²) < 4.78 is 26.7. The third-order valence-electron chi connectivity index (χ3n) is 2.60.